The first kappa shape index (κ1) is 127. The summed E-state index contributed by atoms with van der Waals surface area (Å²) >= 11 is 0. The van der Waals surface area contributed by atoms with E-state index in [4.69, 9.17) is 33.3 Å². The number of esters is 3. The number of carboxylic acids is 1. The Balaban J connectivity index is 0.000000732. The number of hydrogen-bond donors (Lipinski definition) is 4. The number of carbonyl (C=O) groups is 16. The number of nitrogens with zero attached hydrogens (tertiary/aromatic N) is 7. The minimum Gasteiger partial charge on any atom is -0.478 e. The average molecular weight is 2000 g/mol. The Morgan fingerprint density at radius 2 is 0.643 bits per heavy atom. The van der Waals surface area contributed by atoms with Crippen LogP contribution < -0.4 is 16.0 Å². The lowest BCUT2D eigenvalue weighted by Crippen LogP contribution is -2.63. The predicted octanol–water partition coefficient (Wildman–Crippen LogP) is 16.0. The van der Waals surface area contributed by atoms with Crippen LogP contribution in [0.25, 0.3) is 0 Å². The topological polar surface area (TPSA) is 417 Å². The minimum absolute atomic E-state index is 0.0302. The smallest absolute Gasteiger partial charge is 0.410 e. The van der Waals surface area contributed by atoms with Crippen molar-refractivity contribution in [3.8, 4) is 0 Å². The molecule has 4 N–H and O–H groups in total. The third-order valence-electron chi connectivity index (χ3n) is 24.3. The number of amides is 11. The Morgan fingerprint density at radius 3 is 0.881 bits per heavy atom. The number of ether oxygens (including phenoxy) is 6. The number of likely N-dealkylation sites (N-methyl/N-ethyl adjacent to an activating group) is 6. The fourth-order valence-electron chi connectivity index (χ4n) is 16.2. The van der Waals surface area contributed by atoms with Crippen molar-refractivity contribution in [3.63, 3.8) is 0 Å². The molecule has 4 rings (SSSR count). The van der Waals surface area contributed by atoms with Crippen molar-refractivity contribution in [2.24, 2.45) is 34.0 Å². The zero-order valence-corrected chi connectivity index (χ0v) is 93.1. The van der Waals surface area contributed by atoms with Gasteiger partial charge in [0.1, 0.15) is 53.1 Å². The largest absolute Gasteiger partial charge is 0.478 e. The second-order valence-corrected chi connectivity index (χ2v) is 45.5. The van der Waals surface area contributed by atoms with Crippen LogP contribution in [0.15, 0.2) is 126 Å². The highest BCUT2D eigenvalue weighted by atomic mass is 16.7. The van der Waals surface area contributed by atoms with E-state index in [-0.39, 0.29) is 79.3 Å². The van der Waals surface area contributed by atoms with Crippen LogP contribution in [-0.2, 0) is 112 Å². The number of benzene rings is 3. The first-order valence-corrected chi connectivity index (χ1v) is 48.9. The van der Waals surface area contributed by atoms with Gasteiger partial charge in [-0.05, 0) is 148 Å². The molecule has 0 bridgehead atoms. The van der Waals surface area contributed by atoms with Crippen molar-refractivity contribution < 1.29 is 115 Å². The molecule has 143 heavy (non-hydrogen) atoms. The number of carboxylic acid groups (broad SMARTS) is 1. The summed E-state index contributed by atoms with van der Waals surface area (Å²) in [4.78, 5) is 225. The Hall–Kier alpha value is -12.0. The number of imide groups is 1. The third kappa shape index (κ3) is 37.9. The first-order valence-electron chi connectivity index (χ1n) is 48.9. The normalized spacial score (nSPS) is 15.3. The minimum atomic E-state index is -1.34. The van der Waals surface area contributed by atoms with E-state index in [1.54, 1.807) is 116 Å². The maximum atomic E-state index is 14.5. The number of hydroxylamine groups is 2. The molecule has 0 spiro atoms. The quantitative estimate of drug-likeness (QED) is 0.0179. The van der Waals surface area contributed by atoms with Gasteiger partial charge in [0.15, 0.2) is 6.10 Å². The van der Waals surface area contributed by atoms with E-state index in [2.05, 4.69) is 16.0 Å². The van der Waals surface area contributed by atoms with Crippen molar-refractivity contribution in [2.45, 2.75) is 362 Å². The monoisotopic (exact) mass is 2000 g/mol. The van der Waals surface area contributed by atoms with E-state index < -0.39 is 199 Å². The fraction of sp³-hybridized carbons (Fsp3) is 0.633. The Labute approximate surface area is 850 Å². The summed E-state index contributed by atoms with van der Waals surface area (Å²) in [6.07, 6.45) is 0.969. The molecule has 3 aromatic rings. The number of aliphatic carboxylic acids is 1. The van der Waals surface area contributed by atoms with Gasteiger partial charge < -0.3 is 69.0 Å². The number of nitrogens with one attached hydrogen (secondary N) is 3. The first-order chi connectivity index (χ1) is 65.2. The van der Waals surface area contributed by atoms with Gasteiger partial charge in [0.05, 0.1) is 31.3 Å². The van der Waals surface area contributed by atoms with Crippen LogP contribution in [0.1, 0.15) is 285 Å². The summed E-state index contributed by atoms with van der Waals surface area (Å²) in [6, 6.07) is 20.0. The van der Waals surface area contributed by atoms with Gasteiger partial charge in [-0.25, -0.2) is 33.6 Å². The molecule has 1 heterocycles. The van der Waals surface area contributed by atoms with Crippen molar-refractivity contribution in [2.75, 3.05) is 55.5 Å². The fourth-order valence-corrected chi connectivity index (χ4v) is 16.2. The van der Waals surface area contributed by atoms with Crippen molar-refractivity contribution >= 4 is 95.4 Å². The molecule has 34 nitrogen and oxygen atoms in total. The molecule has 11 amide bonds. The van der Waals surface area contributed by atoms with Gasteiger partial charge in [-0.3, -0.25) is 57.9 Å². The van der Waals surface area contributed by atoms with Crippen LogP contribution in [0, 0.1) is 34.0 Å². The van der Waals surface area contributed by atoms with Gasteiger partial charge in [0.25, 0.3) is 11.8 Å². The molecule has 1 fully saturated rings. The Bertz CT molecular complexity index is 4940. The number of carbonyl (C=O) groups excluding carboxylic acids is 15. The van der Waals surface area contributed by atoms with Crippen molar-refractivity contribution in [3.05, 3.63) is 143 Å². The van der Waals surface area contributed by atoms with Crippen LogP contribution in [0.3, 0.4) is 0 Å². The number of hydrogen-bond acceptors (Lipinski definition) is 23. The molecule has 34 heteroatoms. The Morgan fingerprint density at radius 1 is 0.385 bits per heavy atom. The lowest BCUT2D eigenvalue weighted by Gasteiger charge is -2.42. The van der Waals surface area contributed by atoms with E-state index in [1.807, 2.05) is 236 Å². The summed E-state index contributed by atoms with van der Waals surface area (Å²) in [6.45, 7) is 62.7. The van der Waals surface area contributed by atoms with Gasteiger partial charge in [-0.2, -0.15) is 0 Å². The van der Waals surface area contributed by atoms with E-state index in [1.165, 1.54) is 71.3 Å². The highest BCUT2D eigenvalue weighted by molar-refractivity contribution is 6.03. The predicted molar refractivity (Wildman–Crippen MR) is 549 cm³/mol. The van der Waals surface area contributed by atoms with Gasteiger partial charge in [0.2, 0.25) is 35.4 Å². The molecule has 0 unspecified atom stereocenters. The zero-order valence-electron chi connectivity index (χ0n) is 93.1. The SMILES string of the molecule is C/C(=C\[C@H](C(C)C)N(C)C(=O)[C@@H](NC(=O)[C@@H](N(C)C(=O)OC(C)(C)C)C(C)(C)c1ccccc1)C(C)(C)C)C(=O)O.C/C(=C\[C@H](C(C)C)N(C)C(=O)[C@@H](NC(=O)[C@@H](N(C)C(=O)OC(C)(C)C)C(C)(C)c1ccccc1)C(C)(C)C)C(=O)ON1C(=O)CCC1=O.CCOC(=O)CC[C@H](OC(=O)/C(C)=C/[C@H](C(C)C)N(C)C(=O)[C@@H](NC(=O)[C@@H](N(C)C(=O)OC(C)(C)C)C(C)(C)c1ccccc1)C(C)(C)C)C(=O)OCC. The molecule has 0 aliphatic carbocycles. The highest BCUT2D eigenvalue weighted by Crippen LogP contribution is 2.38. The second kappa shape index (κ2) is 53.0. The van der Waals surface area contributed by atoms with Crippen molar-refractivity contribution in [1.29, 1.82) is 0 Å². The molecule has 0 radical (unpaired) electrons. The summed E-state index contributed by atoms with van der Waals surface area (Å²) < 4.78 is 32.4. The summed E-state index contributed by atoms with van der Waals surface area (Å²) in [7, 11) is 9.32. The van der Waals surface area contributed by atoms with Crippen LogP contribution in [-0.4, -0.2) is 268 Å². The maximum absolute atomic E-state index is 14.5. The van der Waals surface area contributed by atoms with E-state index in [9.17, 15) is 81.8 Å². The second-order valence-electron chi connectivity index (χ2n) is 45.5. The lowest BCUT2D eigenvalue weighted by atomic mass is 9.76. The molecular weight excluding hydrogens is 1830 g/mol. The molecule has 10 atom stereocenters. The standard InChI is InChI=1S/C41H65N3O10.C36H54N4O8.C32H51N3O6/c1-16-51-31(45)24-23-30(37(49)52-17-2)53-36(48)27(5)25-29(26(3)4)43(14)35(47)32(39(6,7)8)42-34(46)33(44(15)38(50)54-40(9,10)11)41(12,13)28-21-19-18-20-22-28;1-22(2)25(21-23(3)32(45)48-40-26(41)19-20-27(40)42)38(12)31(44)28(34(4,5)6)37-30(43)29(39(13)33(46)47-35(7,8)9)36(10,11)24-17-15-14-16-18-24;1-20(2)23(19-21(3)28(38)39)34(12)27(37)24(30(4,5)6)33-26(36)25(35(13)29(40)41-31(7,8)9)32(10,11)22-17-15-14-16-18-22/h18-22,25-26,29-30,32-33H,16-17,23-24H2,1-15H3,(H,42,46);14-18,21-22,25,28-29H,19-20H2,1-13H3,(H,37,43);14-20,23-25H,1-13H3,(H,33,36)(H,38,39)/b27-25+;23-21+;21-19+/t29-,30+,32-,33-;25-,28-,29-;23-,24-,25-/m111/s1. The van der Waals surface area contributed by atoms with E-state index >= 15 is 0 Å². The van der Waals surface area contributed by atoms with Crippen LogP contribution in [0.2, 0.25) is 0 Å². The zero-order chi connectivity index (χ0) is 111. The lowest BCUT2D eigenvalue weighted by molar-refractivity contribution is -0.194. The molecule has 0 saturated carbocycles. The van der Waals surface area contributed by atoms with Gasteiger partial charge in [-0.15, -0.1) is 5.06 Å². The van der Waals surface area contributed by atoms with Crippen LogP contribution in [0.5, 0.6) is 0 Å². The molecular formula is C109H170N10O24. The molecule has 0 aromatic heterocycles. The molecule has 1 saturated heterocycles. The van der Waals surface area contributed by atoms with E-state index in [0.717, 1.165) is 16.7 Å². The molecule has 1 aliphatic rings. The third-order valence-corrected chi connectivity index (χ3v) is 24.3. The molecule has 3 aromatic carbocycles. The van der Waals surface area contributed by atoms with Crippen LogP contribution in [0.4, 0.5) is 14.4 Å². The highest BCUT2D eigenvalue weighted by Gasteiger charge is 2.51. The number of rotatable bonds is 38. The average Bonchev–Trinajstić information content (AvgIpc) is 1.37. The van der Waals surface area contributed by atoms with Crippen LogP contribution >= 0.6 is 0 Å². The maximum Gasteiger partial charge on any atom is 0.410 e. The van der Waals surface area contributed by atoms with E-state index in [0.29, 0.717) is 5.06 Å². The van der Waals surface area contributed by atoms with Gasteiger partial charge >= 0.3 is 48.1 Å². The summed E-state index contributed by atoms with van der Waals surface area (Å²) in [5, 5.41) is 18.8. The summed E-state index contributed by atoms with van der Waals surface area (Å²) in [5.74, 6) is -8.58. The Kier molecular flexibility index (Phi) is 47.1. The molecule has 1 aliphatic heterocycles. The summed E-state index contributed by atoms with van der Waals surface area (Å²) in [5.41, 5.74) is -4.58. The van der Waals surface area contributed by atoms with Gasteiger partial charge in [0, 0.05) is 101 Å². The van der Waals surface area contributed by atoms with Gasteiger partial charge in [-0.1, -0.05) is 255 Å². The molecule has 800 valence electrons. The van der Waals surface area contributed by atoms with Crippen molar-refractivity contribution in [1.82, 2.24) is 50.4 Å².